The summed E-state index contributed by atoms with van der Waals surface area (Å²) in [6.07, 6.45) is 0.950. The lowest BCUT2D eigenvalue weighted by Crippen LogP contribution is -2.18. The summed E-state index contributed by atoms with van der Waals surface area (Å²) in [5, 5.41) is 3.84. The van der Waals surface area contributed by atoms with Crippen LogP contribution in [0.1, 0.15) is 23.6 Å². The number of halogens is 2. The van der Waals surface area contributed by atoms with Crippen molar-refractivity contribution in [1.29, 1.82) is 0 Å². The van der Waals surface area contributed by atoms with Crippen molar-refractivity contribution in [3.05, 3.63) is 34.1 Å². The average Bonchev–Trinajstić information content (AvgIpc) is 2.46. The Morgan fingerprint density at radius 3 is 3.07 bits per heavy atom. The Morgan fingerprint density at radius 1 is 1.53 bits per heavy atom. The summed E-state index contributed by atoms with van der Waals surface area (Å²) in [5.74, 6) is 1.70. The molecule has 0 fully saturated rings. The van der Waals surface area contributed by atoms with Crippen LogP contribution in [0.4, 0.5) is 4.39 Å². The van der Waals surface area contributed by atoms with E-state index in [0.29, 0.717) is 5.02 Å². The van der Waals surface area contributed by atoms with Crippen molar-refractivity contribution >= 4 is 23.4 Å². The van der Waals surface area contributed by atoms with Gasteiger partial charge in [0.1, 0.15) is 5.82 Å². The maximum atomic E-state index is 13.8. The second-order valence-electron chi connectivity index (χ2n) is 3.60. The molecule has 0 aromatic heterocycles. The predicted octanol–water partition coefficient (Wildman–Crippen LogP) is 3.38. The molecule has 0 spiro atoms. The van der Waals surface area contributed by atoms with Crippen molar-refractivity contribution in [3.63, 3.8) is 0 Å². The molecule has 0 amide bonds. The Balaban J connectivity index is 2.54. The van der Waals surface area contributed by atoms with Crippen molar-refractivity contribution in [3.8, 4) is 0 Å². The van der Waals surface area contributed by atoms with Gasteiger partial charge in [-0.25, -0.2) is 4.39 Å². The third-order valence-electron chi connectivity index (χ3n) is 2.74. The molecule has 1 heterocycles. The number of benzene rings is 1. The van der Waals surface area contributed by atoms with E-state index in [-0.39, 0.29) is 11.9 Å². The molecule has 2 rings (SSSR count). The molecule has 1 aromatic rings. The molecule has 1 atom stereocenters. The Bertz CT molecular complexity index is 370. The van der Waals surface area contributed by atoms with Crippen molar-refractivity contribution < 1.29 is 4.39 Å². The Morgan fingerprint density at radius 2 is 2.33 bits per heavy atom. The maximum absolute atomic E-state index is 13.8. The quantitative estimate of drug-likeness (QED) is 0.814. The molecule has 1 nitrogen and oxygen atoms in total. The molecule has 0 saturated heterocycles. The van der Waals surface area contributed by atoms with Gasteiger partial charge in [0.25, 0.3) is 0 Å². The van der Waals surface area contributed by atoms with Gasteiger partial charge in [-0.3, -0.25) is 0 Å². The lowest BCUT2D eigenvalue weighted by atomic mass is 9.99. The summed E-state index contributed by atoms with van der Waals surface area (Å²) >= 11 is 7.91. The van der Waals surface area contributed by atoms with Crippen LogP contribution in [-0.4, -0.2) is 12.8 Å². The van der Waals surface area contributed by atoms with Gasteiger partial charge in [-0.05, 0) is 36.9 Å². The van der Waals surface area contributed by atoms with Crippen LogP contribution in [0, 0.1) is 5.82 Å². The number of hydrogen-bond donors (Lipinski definition) is 1. The molecule has 1 N–H and O–H groups in total. The molecule has 82 valence electrons. The largest absolute Gasteiger partial charge is 0.313 e. The SMILES string of the molecule is CNC1CCSCc2c(Cl)ccc(F)c21. The van der Waals surface area contributed by atoms with Crippen molar-refractivity contribution in [2.45, 2.75) is 18.2 Å². The first-order valence-electron chi connectivity index (χ1n) is 4.96. The van der Waals surface area contributed by atoms with E-state index >= 15 is 0 Å². The fourth-order valence-corrected chi connectivity index (χ4v) is 3.31. The number of hydrogen-bond acceptors (Lipinski definition) is 2. The highest BCUT2D eigenvalue weighted by atomic mass is 35.5. The third kappa shape index (κ3) is 2.14. The standard InChI is InChI=1S/C11H13ClFNS/c1-14-10-4-5-15-6-7-8(12)2-3-9(13)11(7)10/h2-3,10,14H,4-6H2,1H3. The molecule has 0 radical (unpaired) electrons. The summed E-state index contributed by atoms with van der Waals surface area (Å²) in [5.41, 5.74) is 1.72. The maximum Gasteiger partial charge on any atom is 0.128 e. The van der Waals surface area contributed by atoms with Gasteiger partial charge in [-0.15, -0.1) is 0 Å². The molecule has 0 saturated carbocycles. The Labute approximate surface area is 98.4 Å². The molecule has 1 aromatic carbocycles. The van der Waals surface area contributed by atoms with Crippen LogP contribution in [-0.2, 0) is 5.75 Å². The highest BCUT2D eigenvalue weighted by Gasteiger charge is 2.22. The second-order valence-corrected chi connectivity index (χ2v) is 5.12. The van der Waals surface area contributed by atoms with Gasteiger partial charge in [0.15, 0.2) is 0 Å². The molecule has 1 unspecified atom stereocenters. The monoisotopic (exact) mass is 245 g/mol. The van der Waals surface area contributed by atoms with Crippen LogP contribution in [0.25, 0.3) is 0 Å². The topological polar surface area (TPSA) is 12.0 Å². The Kier molecular flexibility index (Phi) is 3.54. The molecule has 1 aliphatic rings. The normalized spacial score (nSPS) is 20.9. The molecule has 0 aliphatic carbocycles. The summed E-state index contributed by atoms with van der Waals surface area (Å²) in [4.78, 5) is 0. The summed E-state index contributed by atoms with van der Waals surface area (Å²) in [6, 6.07) is 3.20. The van der Waals surface area contributed by atoms with E-state index < -0.39 is 0 Å². The van der Waals surface area contributed by atoms with Gasteiger partial charge in [-0.2, -0.15) is 11.8 Å². The van der Waals surface area contributed by atoms with Gasteiger partial charge in [0.2, 0.25) is 0 Å². The van der Waals surface area contributed by atoms with Crippen molar-refractivity contribution in [2.75, 3.05) is 12.8 Å². The van der Waals surface area contributed by atoms with E-state index in [0.717, 1.165) is 29.1 Å². The first-order valence-corrected chi connectivity index (χ1v) is 6.49. The number of fused-ring (bicyclic) bond motifs is 1. The van der Waals surface area contributed by atoms with Crippen LogP contribution in [0.3, 0.4) is 0 Å². The molecular formula is C11H13ClFNS. The van der Waals surface area contributed by atoms with Crippen LogP contribution in [0.2, 0.25) is 5.02 Å². The summed E-state index contributed by atoms with van der Waals surface area (Å²) < 4.78 is 13.8. The van der Waals surface area contributed by atoms with E-state index in [1.54, 1.807) is 6.07 Å². The van der Waals surface area contributed by atoms with Crippen LogP contribution in [0.5, 0.6) is 0 Å². The number of rotatable bonds is 1. The van der Waals surface area contributed by atoms with Gasteiger partial charge in [0.05, 0.1) is 0 Å². The zero-order valence-corrected chi connectivity index (χ0v) is 10.1. The number of thioether (sulfide) groups is 1. The highest BCUT2D eigenvalue weighted by molar-refractivity contribution is 7.98. The van der Waals surface area contributed by atoms with Crippen LogP contribution >= 0.6 is 23.4 Å². The predicted molar refractivity (Wildman–Crippen MR) is 64.0 cm³/mol. The van der Waals surface area contributed by atoms with Crippen molar-refractivity contribution in [2.24, 2.45) is 0 Å². The molecule has 0 bridgehead atoms. The lowest BCUT2D eigenvalue weighted by molar-refractivity contribution is 0.527. The van der Waals surface area contributed by atoms with E-state index in [4.69, 9.17) is 11.6 Å². The average molecular weight is 246 g/mol. The van der Waals surface area contributed by atoms with Gasteiger partial charge >= 0.3 is 0 Å². The van der Waals surface area contributed by atoms with E-state index in [2.05, 4.69) is 5.32 Å². The minimum absolute atomic E-state index is 0.0914. The molecular weight excluding hydrogens is 233 g/mol. The molecule has 15 heavy (non-hydrogen) atoms. The second kappa shape index (κ2) is 4.73. The minimum Gasteiger partial charge on any atom is -0.313 e. The minimum atomic E-state index is -0.142. The van der Waals surface area contributed by atoms with Gasteiger partial charge in [0, 0.05) is 22.4 Å². The summed E-state index contributed by atoms with van der Waals surface area (Å²) in [6.45, 7) is 0. The van der Waals surface area contributed by atoms with Crippen LogP contribution < -0.4 is 5.32 Å². The first kappa shape index (κ1) is 11.2. The van der Waals surface area contributed by atoms with E-state index in [9.17, 15) is 4.39 Å². The van der Waals surface area contributed by atoms with E-state index in [1.807, 2.05) is 18.8 Å². The Hall–Kier alpha value is -0.250. The fraction of sp³-hybridized carbons (Fsp3) is 0.455. The van der Waals surface area contributed by atoms with Gasteiger partial charge in [-0.1, -0.05) is 11.6 Å². The first-order chi connectivity index (χ1) is 7.24. The summed E-state index contributed by atoms with van der Waals surface area (Å²) in [7, 11) is 1.87. The lowest BCUT2D eigenvalue weighted by Gasteiger charge is -2.17. The zero-order chi connectivity index (χ0) is 10.8. The smallest absolute Gasteiger partial charge is 0.128 e. The van der Waals surface area contributed by atoms with Gasteiger partial charge < -0.3 is 5.32 Å². The number of nitrogens with one attached hydrogen (secondary N) is 1. The third-order valence-corrected chi connectivity index (χ3v) is 4.11. The zero-order valence-electron chi connectivity index (χ0n) is 8.52. The van der Waals surface area contributed by atoms with Crippen molar-refractivity contribution in [1.82, 2.24) is 5.32 Å². The molecule has 1 aliphatic heterocycles. The fourth-order valence-electron chi connectivity index (χ4n) is 1.94. The highest BCUT2D eigenvalue weighted by Crippen LogP contribution is 2.36. The van der Waals surface area contributed by atoms with E-state index in [1.165, 1.54) is 6.07 Å². The molecule has 4 heteroatoms. The van der Waals surface area contributed by atoms with Crippen LogP contribution in [0.15, 0.2) is 12.1 Å².